The highest BCUT2D eigenvalue weighted by Crippen LogP contribution is 2.58. The van der Waals surface area contributed by atoms with Gasteiger partial charge in [0.05, 0.1) is 6.61 Å². The molecule has 1 atom stereocenters. The second-order valence-corrected chi connectivity index (χ2v) is 4.97. The fourth-order valence-electron chi connectivity index (χ4n) is 3.01. The summed E-state index contributed by atoms with van der Waals surface area (Å²) in [6.45, 7) is 4.55. The molecule has 2 rings (SSSR count). The van der Waals surface area contributed by atoms with E-state index in [0.29, 0.717) is 6.61 Å². The highest BCUT2D eigenvalue weighted by Gasteiger charge is 2.73. The summed E-state index contributed by atoms with van der Waals surface area (Å²) in [5.74, 6) is -0.126. The average molecular weight is 226 g/mol. The van der Waals surface area contributed by atoms with E-state index < -0.39 is 5.60 Å². The van der Waals surface area contributed by atoms with Gasteiger partial charge in [-0.1, -0.05) is 33.1 Å². The van der Waals surface area contributed by atoms with Gasteiger partial charge in [0.25, 0.3) is 0 Å². The number of hydrogen-bond acceptors (Lipinski definition) is 3. The van der Waals surface area contributed by atoms with Crippen molar-refractivity contribution < 1.29 is 14.3 Å². The van der Waals surface area contributed by atoms with Crippen molar-refractivity contribution in [3.63, 3.8) is 0 Å². The Morgan fingerprint density at radius 2 is 1.94 bits per heavy atom. The van der Waals surface area contributed by atoms with E-state index >= 15 is 0 Å². The molecule has 0 aromatic rings. The second-order valence-electron chi connectivity index (χ2n) is 4.97. The molecule has 0 bridgehead atoms. The van der Waals surface area contributed by atoms with Gasteiger partial charge in [0.15, 0.2) is 5.60 Å². The third kappa shape index (κ3) is 1.65. The summed E-state index contributed by atoms with van der Waals surface area (Å²) in [6, 6.07) is 0. The molecule has 0 aromatic heterocycles. The zero-order valence-electron chi connectivity index (χ0n) is 10.4. The molecule has 1 heterocycles. The predicted molar refractivity (Wildman–Crippen MR) is 61.2 cm³/mol. The highest BCUT2D eigenvalue weighted by molar-refractivity contribution is 5.85. The molecule has 0 aromatic carbocycles. The van der Waals surface area contributed by atoms with Crippen molar-refractivity contribution in [2.45, 2.75) is 70.0 Å². The smallest absolute Gasteiger partial charge is 0.341 e. The molecular formula is C13H22O3. The van der Waals surface area contributed by atoms with Crippen LogP contribution in [0.4, 0.5) is 0 Å². The molecule has 3 nitrogen and oxygen atoms in total. The monoisotopic (exact) mass is 226 g/mol. The van der Waals surface area contributed by atoms with Gasteiger partial charge in [-0.05, 0) is 25.7 Å². The zero-order chi connectivity index (χ0) is 11.6. The molecule has 92 valence electrons. The van der Waals surface area contributed by atoms with Crippen LogP contribution in [0.3, 0.4) is 0 Å². The van der Waals surface area contributed by atoms with Gasteiger partial charge in [-0.15, -0.1) is 0 Å². The third-order valence-corrected chi connectivity index (χ3v) is 3.99. The van der Waals surface area contributed by atoms with E-state index in [1.54, 1.807) is 0 Å². The molecule has 1 spiro atoms. The minimum absolute atomic E-state index is 0.126. The van der Waals surface area contributed by atoms with Crippen LogP contribution in [-0.2, 0) is 14.3 Å². The fourth-order valence-corrected chi connectivity index (χ4v) is 3.01. The lowest BCUT2D eigenvalue weighted by molar-refractivity contribution is -0.150. The van der Waals surface area contributed by atoms with Crippen molar-refractivity contribution in [1.29, 1.82) is 0 Å². The van der Waals surface area contributed by atoms with Crippen LogP contribution in [0.5, 0.6) is 0 Å². The van der Waals surface area contributed by atoms with Gasteiger partial charge in [0.1, 0.15) is 5.60 Å². The van der Waals surface area contributed by atoms with E-state index in [2.05, 4.69) is 0 Å². The van der Waals surface area contributed by atoms with Crippen molar-refractivity contribution in [3.8, 4) is 0 Å². The molecule has 2 aliphatic rings. The van der Waals surface area contributed by atoms with Crippen molar-refractivity contribution in [1.82, 2.24) is 0 Å². The molecule has 1 unspecified atom stereocenters. The van der Waals surface area contributed by atoms with E-state index in [1.807, 2.05) is 13.8 Å². The SMILES string of the molecule is CCCOC(=O)C1(CC)OC12CCCCC2. The molecule has 0 amide bonds. The molecule has 0 radical (unpaired) electrons. The predicted octanol–water partition coefficient (Wildman–Crippen LogP) is 2.82. The number of carbonyl (C=O) groups excluding carboxylic acids is 1. The molecule has 1 aliphatic carbocycles. The second kappa shape index (κ2) is 4.36. The first-order valence-electron chi connectivity index (χ1n) is 6.58. The number of esters is 1. The number of carbonyl (C=O) groups is 1. The molecule has 1 aliphatic heterocycles. The van der Waals surface area contributed by atoms with Crippen molar-refractivity contribution in [2.75, 3.05) is 6.61 Å². The first kappa shape index (κ1) is 11.9. The van der Waals surface area contributed by atoms with Crippen LogP contribution in [-0.4, -0.2) is 23.8 Å². The summed E-state index contributed by atoms with van der Waals surface area (Å²) >= 11 is 0. The molecule has 2 fully saturated rings. The van der Waals surface area contributed by atoms with Crippen molar-refractivity contribution in [3.05, 3.63) is 0 Å². The minimum atomic E-state index is -0.595. The molecule has 3 heteroatoms. The lowest BCUT2D eigenvalue weighted by Gasteiger charge is -2.22. The van der Waals surface area contributed by atoms with Gasteiger partial charge >= 0.3 is 5.97 Å². The fraction of sp³-hybridized carbons (Fsp3) is 0.923. The molecule has 16 heavy (non-hydrogen) atoms. The van der Waals surface area contributed by atoms with Crippen LogP contribution >= 0.6 is 0 Å². The number of epoxide rings is 1. The Morgan fingerprint density at radius 1 is 1.25 bits per heavy atom. The first-order valence-corrected chi connectivity index (χ1v) is 6.58. The molecule has 0 N–H and O–H groups in total. The molecule has 1 saturated carbocycles. The normalized spacial score (nSPS) is 31.4. The van der Waals surface area contributed by atoms with E-state index in [1.165, 1.54) is 19.3 Å². The highest BCUT2D eigenvalue weighted by atomic mass is 16.7. The summed E-state index contributed by atoms with van der Waals surface area (Å²) in [5.41, 5.74) is -0.757. The van der Waals surface area contributed by atoms with Crippen LogP contribution in [0, 0.1) is 0 Å². The maximum atomic E-state index is 12.0. The van der Waals surface area contributed by atoms with Crippen LogP contribution in [0.15, 0.2) is 0 Å². The Balaban J connectivity index is 2.02. The Hall–Kier alpha value is -0.570. The lowest BCUT2D eigenvalue weighted by atomic mass is 9.79. The van der Waals surface area contributed by atoms with Crippen LogP contribution < -0.4 is 0 Å². The van der Waals surface area contributed by atoms with E-state index in [0.717, 1.165) is 25.7 Å². The summed E-state index contributed by atoms with van der Waals surface area (Å²) in [6.07, 6.45) is 7.32. The Bertz CT molecular complexity index is 268. The summed E-state index contributed by atoms with van der Waals surface area (Å²) in [5, 5.41) is 0. The maximum absolute atomic E-state index is 12.0. The Labute approximate surface area is 97.5 Å². The third-order valence-electron chi connectivity index (χ3n) is 3.99. The van der Waals surface area contributed by atoms with Gasteiger partial charge in [-0.2, -0.15) is 0 Å². The first-order chi connectivity index (χ1) is 7.71. The van der Waals surface area contributed by atoms with E-state index in [4.69, 9.17) is 9.47 Å². The van der Waals surface area contributed by atoms with E-state index in [-0.39, 0.29) is 11.6 Å². The van der Waals surface area contributed by atoms with Crippen molar-refractivity contribution in [2.24, 2.45) is 0 Å². The molecule has 1 saturated heterocycles. The molecular weight excluding hydrogens is 204 g/mol. The quantitative estimate of drug-likeness (QED) is 0.546. The van der Waals surface area contributed by atoms with Crippen LogP contribution in [0.2, 0.25) is 0 Å². The number of ether oxygens (including phenoxy) is 2. The maximum Gasteiger partial charge on any atom is 0.341 e. The summed E-state index contributed by atoms with van der Waals surface area (Å²) in [4.78, 5) is 12.0. The number of rotatable bonds is 4. The van der Waals surface area contributed by atoms with Crippen molar-refractivity contribution >= 4 is 5.97 Å². The summed E-state index contributed by atoms with van der Waals surface area (Å²) < 4.78 is 11.1. The van der Waals surface area contributed by atoms with E-state index in [9.17, 15) is 4.79 Å². The average Bonchev–Trinajstić information content (AvgIpc) is 2.95. The Kier molecular flexibility index (Phi) is 3.24. The zero-order valence-corrected chi connectivity index (χ0v) is 10.4. The Morgan fingerprint density at radius 3 is 2.50 bits per heavy atom. The largest absolute Gasteiger partial charge is 0.463 e. The van der Waals surface area contributed by atoms with Crippen LogP contribution in [0.25, 0.3) is 0 Å². The minimum Gasteiger partial charge on any atom is -0.463 e. The van der Waals surface area contributed by atoms with Gasteiger partial charge in [0, 0.05) is 0 Å². The van der Waals surface area contributed by atoms with Gasteiger partial charge < -0.3 is 9.47 Å². The number of hydrogen-bond donors (Lipinski definition) is 0. The van der Waals surface area contributed by atoms with Gasteiger partial charge in [0.2, 0.25) is 0 Å². The lowest BCUT2D eigenvalue weighted by Crippen LogP contribution is -2.36. The van der Waals surface area contributed by atoms with Crippen LogP contribution in [0.1, 0.15) is 58.8 Å². The van der Waals surface area contributed by atoms with Gasteiger partial charge in [-0.25, -0.2) is 4.79 Å². The topological polar surface area (TPSA) is 38.8 Å². The standard InChI is InChI=1S/C13H22O3/c1-3-10-15-11(14)13(4-2)12(16-13)8-6-5-7-9-12/h3-10H2,1-2H3. The van der Waals surface area contributed by atoms with Gasteiger partial charge in [-0.3, -0.25) is 0 Å². The summed E-state index contributed by atoms with van der Waals surface area (Å²) in [7, 11) is 0.